The van der Waals surface area contributed by atoms with E-state index in [4.69, 9.17) is 4.74 Å². The second kappa shape index (κ2) is 4.94. The molecule has 0 bridgehead atoms. The quantitative estimate of drug-likeness (QED) is 0.787. The summed E-state index contributed by atoms with van der Waals surface area (Å²) in [5, 5.41) is 0.811. The lowest BCUT2D eigenvalue weighted by atomic mass is 10.3. The maximum Gasteiger partial charge on any atom is 0.219 e. The van der Waals surface area contributed by atoms with E-state index >= 15 is 0 Å². The van der Waals surface area contributed by atoms with Crippen LogP contribution < -0.4 is 4.74 Å². The van der Waals surface area contributed by atoms with Crippen LogP contribution in [-0.4, -0.2) is 4.98 Å². The van der Waals surface area contributed by atoms with E-state index in [1.54, 1.807) is 6.20 Å². The normalized spacial score (nSPS) is 9.93. The highest BCUT2D eigenvalue weighted by molar-refractivity contribution is 9.08. The van der Waals surface area contributed by atoms with Gasteiger partial charge in [-0.15, -0.1) is 0 Å². The first-order valence-corrected chi connectivity index (χ1v) is 5.74. The molecule has 0 spiro atoms. The number of hydrogen-bond donors (Lipinski definition) is 0. The van der Waals surface area contributed by atoms with Crippen molar-refractivity contribution in [1.82, 2.24) is 4.98 Å². The molecule has 1 aromatic heterocycles. The van der Waals surface area contributed by atoms with Crippen LogP contribution in [0.5, 0.6) is 11.6 Å². The molecule has 0 amide bonds. The van der Waals surface area contributed by atoms with Crippen LogP contribution in [0, 0.1) is 0 Å². The van der Waals surface area contributed by atoms with E-state index in [1.165, 1.54) is 0 Å². The molecule has 0 radical (unpaired) electrons. The number of halogens is 1. The average molecular weight is 264 g/mol. The lowest BCUT2D eigenvalue weighted by Gasteiger charge is -2.04. The molecule has 0 aliphatic rings. The lowest BCUT2D eigenvalue weighted by Crippen LogP contribution is -1.88. The number of aromatic nitrogens is 1. The van der Waals surface area contributed by atoms with Crippen molar-refractivity contribution < 1.29 is 4.74 Å². The van der Waals surface area contributed by atoms with Gasteiger partial charge in [-0.1, -0.05) is 40.2 Å². The Morgan fingerprint density at radius 1 is 1.07 bits per heavy atom. The fraction of sp³-hybridized carbons (Fsp3) is 0.0833. The summed E-state index contributed by atoms with van der Waals surface area (Å²) in [5.41, 5.74) is 1.13. The van der Waals surface area contributed by atoms with Crippen molar-refractivity contribution in [3.8, 4) is 11.6 Å². The third kappa shape index (κ3) is 2.80. The molecule has 1 heterocycles. The van der Waals surface area contributed by atoms with Crippen molar-refractivity contribution in [3.05, 3.63) is 54.2 Å². The third-order valence-corrected chi connectivity index (χ3v) is 2.57. The molecule has 76 valence electrons. The van der Waals surface area contributed by atoms with E-state index in [2.05, 4.69) is 20.9 Å². The van der Waals surface area contributed by atoms with Crippen LogP contribution in [0.3, 0.4) is 0 Å². The van der Waals surface area contributed by atoms with Crippen LogP contribution in [0.25, 0.3) is 0 Å². The maximum absolute atomic E-state index is 5.55. The first kappa shape index (κ1) is 10.2. The van der Waals surface area contributed by atoms with Crippen molar-refractivity contribution in [2.75, 3.05) is 0 Å². The largest absolute Gasteiger partial charge is 0.439 e. The molecule has 3 heteroatoms. The molecular weight excluding hydrogens is 254 g/mol. The van der Waals surface area contributed by atoms with Crippen LogP contribution in [0.4, 0.5) is 0 Å². The summed E-state index contributed by atoms with van der Waals surface area (Å²) in [7, 11) is 0. The standard InChI is InChI=1S/C12H10BrNO/c13-8-10-6-7-12(14-9-10)15-11-4-2-1-3-5-11/h1-7,9H,8H2. The van der Waals surface area contributed by atoms with E-state index in [0.717, 1.165) is 16.6 Å². The fourth-order valence-corrected chi connectivity index (χ4v) is 1.49. The zero-order valence-electron chi connectivity index (χ0n) is 8.06. The van der Waals surface area contributed by atoms with Gasteiger partial charge in [-0.25, -0.2) is 4.98 Å². The summed E-state index contributed by atoms with van der Waals surface area (Å²) in [6.45, 7) is 0. The fourth-order valence-electron chi connectivity index (χ4n) is 1.16. The lowest BCUT2D eigenvalue weighted by molar-refractivity contribution is 0.462. The Labute approximate surface area is 97.1 Å². The highest BCUT2D eigenvalue weighted by Gasteiger charge is 1.97. The van der Waals surface area contributed by atoms with Crippen LogP contribution in [0.1, 0.15) is 5.56 Å². The number of rotatable bonds is 3. The van der Waals surface area contributed by atoms with Crippen molar-refractivity contribution in [2.45, 2.75) is 5.33 Å². The topological polar surface area (TPSA) is 22.1 Å². The predicted octanol–water partition coefficient (Wildman–Crippen LogP) is 3.77. The molecule has 1 aromatic carbocycles. The van der Waals surface area contributed by atoms with Crippen LogP contribution >= 0.6 is 15.9 Å². The van der Waals surface area contributed by atoms with E-state index in [0.29, 0.717) is 5.88 Å². The Morgan fingerprint density at radius 2 is 1.87 bits per heavy atom. The Balaban J connectivity index is 2.11. The van der Waals surface area contributed by atoms with Gasteiger partial charge in [0.05, 0.1) is 0 Å². The van der Waals surface area contributed by atoms with Crippen molar-refractivity contribution in [2.24, 2.45) is 0 Å². The zero-order chi connectivity index (χ0) is 10.5. The number of alkyl halides is 1. The molecule has 0 saturated carbocycles. The minimum atomic E-state index is 0.617. The van der Waals surface area contributed by atoms with Crippen molar-refractivity contribution in [1.29, 1.82) is 0 Å². The highest BCUT2D eigenvalue weighted by atomic mass is 79.9. The number of pyridine rings is 1. The second-order valence-electron chi connectivity index (χ2n) is 3.05. The number of nitrogens with zero attached hydrogens (tertiary/aromatic N) is 1. The number of para-hydroxylation sites is 1. The highest BCUT2D eigenvalue weighted by Crippen LogP contribution is 2.18. The molecule has 2 nitrogen and oxygen atoms in total. The molecule has 0 unspecified atom stereocenters. The first-order valence-electron chi connectivity index (χ1n) is 4.62. The van der Waals surface area contributed by atoms with Gasteiger partial charge < -0.3 is 4.74 Å². The smallest absolute Gasteiger partial charge is 0.219 e. The number of benzene rings is 1. The summed E-state index contributed by atoms with van der Waals surface area (Å²) in [4.78, 5) is 4.19. The molecule has 0 aliphatic carbocycles. The zero-order valence-corrected chi connectivity index (χ0v) is 9.65. The molecule has 2 aromatic rings. The van der Waals surface area contributed by atoms with Crippen molar-refractivity contribution in [3.63, 3.8) is 0 Å². The van der Waals surface area contributed by atoms with Gasteiger partial charge in [0, 0.05) is 17.6 Å². The minimum absolute atomic E-state index is 0.617. The Bertz CT molecular complexity index is 413. The van der Waals surface area contributed by atoms with E-state index in [9.17, 15) is 0 Å². The summed E-state index contributed by atoms with van der Waals surface area (Å²) >= 11 is 3.37. The maximum atomic E-state index is 5.55. The van der Waals surface area contributed by atoms with Gasteiger partial charge >= 0.3 is 0 Å². The monoisotopic (exact) mass is 263 g/mol. The Kier molecular flexibility index (Phi) is 3.35. The SMILES string of the molecule is BrCc1ccc(Oc2ccccc2)nc1. The van der Waals surface area contributed by atoms with Gasteiger partial charge in [-0.2, -0.15) is 0 Å². The van der Waals surface area contributed by atoms with E-state index < -0.39 is 0 Å². The molecule has 0 saturated heterocycles. The molecule has 0 fully saturated rings. The van der Waals surface area contributed by atoms with Gasteiger partial charge in [-0.3, -0.25) is 0 Å². The van der Waals surface area contributed by atoms with Gasteiger partial charge in [-0.05, 0) is 17.7 Å². The van der Waals surface area contributed by atoms with Gasteiger partial charge in [0.1, 0.15) is 5.75 Å². The summed E-state index contributed by atoms with van der Waals surface area (Å²) in [6, 6.07) is 13.5. The molecule has 15 heavy (non-hydrogen) atoms. The Hall–Kier alpha value is -1.35. The van der Waals surface area contributed by atoms with Gasteiger partial charge in [0.2, 0.25) is 5.88 Å². The molecule has 0 atom stereocenters. The summed E-state index contributed by atoms with van der Waals surface area (Å²) in [6.07, 6.45) is 1.80. The number of hydrogen-bond acceptors (Lipinski definition) is 2. The van der Waals surface area contributed by atoms with Crippen LogP contribution in [0.2, 0.25) is 0 Å². The third-order valence-electron chi connectivity index (χ3n) is 1.92. The van der Waals surface area contributed by atoms with E-state index in [-0.39, 0.29) is 0 Å². The summed E-state index contributed by atoms with van der Waals surface area (Å²) < 4.78 is 5.55. The first-order chi connectivity index (χ1) is 7.38. The molecular formula is C12H10BrNO. The second-order valence-corrected chi connectivity index (χ2v) is 3.61. The van der Waals surface area contributed by atoms with Gasteiger partial charge in [0.15, 0.2) is 0 Å². The van der Waals surface area contributed by atoms with E-state index in [1.807, 2.05) is 42.5 Å². The van der Waals surface area contributed by atoms with Crippen LogP contribution in [0.15, 0.2) is 48.7 Å². The predicted molar refractivity (Wildman–Crippen MR) is 63.4 cm³/mol. The van der Waals surface area contributed by atoms with Crippen LogP contribution in [-0.2, 0) is 5.33 Å². The Morgan fingerprint density at radius 3 is 2.47 bits per heavy atom. The minimum Gasteiger partial charge on any atom is -0.439 e. The molecule has 0 aliphatic heterocycles. The summed E-state index contributed by atoms with van der Waals surface area (Å²) in [5.74, 6) is 1.42. The number of ether oxygens (including phenoxy) is 1. The molecule has 2 rings (SSSR count). The van der Waals surface area contributed by atoms with Gasteiger partial charge in [0.25, 0.3) is 0 Å². The molecule has 0 N–H and O–H groups in total. The van der Waals surface area contributed by atoms with Crippen molar-refractivity contribution >= 4 is 15.9 Å². The average Bonchev–Trinajstić information content (AvgIpc) is 2.31.